The van der Waals surface area contributed by atoms with Crippen molar-refractivity contribution < 1.29 is 14.4 Å². The van der Waals surface area contributed by atoms with Crippen molar-refractivity contribution in [2.24, 2.45) is 0 Å². The lowest BCUT2D eigenvalue weighted by atomic mass is 9.80. The van der Waals surface area contributed by atoms with E-state index >= 15 is 0 Å². The maximum atomic E-state index is 11.5. The summed E-state index contributed by atoms with van der Waals surface area (Å²) in [5.41, 5.74) is 1.46. The molecule has 0 aliphatic heterocycles. The van der Waals surface area contributed by atoms with Crippen LogP contribution in [0.25, 0.3) is 0 Å². The third kappa shape index (κ3) is 2.49. The van der Waals surface area contributed by atoms with E-state index in [2.05, 4.69) is 0 Å². The molecule has 1 aromatic carbocycles. The number of benzene rings is 1. The summed E-state index contributed by atoms with van der Waals surface area (Å²) in [6.45, 7) is 1.51. The van der Waals surface area contributed by atoms with Gasteiger partial charge in [0.05, 0.1) is 6.42 Å². The Morgan fingerprint density at radius 1 is 1.12 bits per heavy atom. The summed E-state index contributed by atoms with van der Waals surface area (Å²) in [7, 11) is 0. The summed E-state index contributed by atoms with van der Waals surface area (Å²) in [6.07, 6.45) is 0.796. The predicted octanol–water partition coefficient (Wildman–Crippen LogP) is 2.29. The van der Waals surface area contributed by atoms with E-state index in [4.69, 9.17) is 0 Å². The summed E-state index contributed by atoms with van der Waals surface area (Å²) in [4.78, 5) is 34.4. The third-order valence-electron chi connectivity index (χ3n) is 3.12. The van der Waals surface area contributed by atoms with Gasteiger partial charge in [-0.3, -0.25) is 14.4 Å². The Bertz CT molecular complexity index is 472. The monoisotopic (exact) mass is 230 g/mol. The highest BCUT2D eigenvalue weighted by Gasteiger charge is 2.28. The Balaban J connectivity index is 2.36. The number of carbonyl (C=O) groups is 3. The van der Waals surface area contributed by atoms with Gasteiger partial charge in [0.25, 0.3) is 0 Å². The molecule has 1 saturated carbocycles. The average Bonchev–Trinajstić information content (AvgIpc) is 2.27. The van der Waals surface area contributed by atoms with Gasteiger partial charge in [-0.25, -0.2) is 0 Å². The van der Waals surface area contributed by atoms with Crippen molar-refractivity contribution in [2.45, 2.75) is 32.1 Å². The molecule has 0 N–H and O–H groups in total. The molecule has 2 rings (SSSR count). The van der Waals surface area contributed by atoms with Crippen molar-refractivity contribution in [3.8, 4) is 0 Å². The van der Waals surface area contributed by atoms with Crippen LogP contribution >= 0.6 is 0 Å². The zero-order chi connectivity index (χ0) is 12.4. The van der Waals surface area contributed by atoms with Crippen molar-refractivity contribution in [1.29, 1.82) is 0 Å². The maximum absolute atomic E-state index is 11.5. The molecule has 1 fully saturated rings. The second kappa shape index (κ2) is 4.62. The zero-order valence-corrected chi connectivity index (χ0v) is 9.73. The van der Waals surface area contributed by atoms with E-state index in [0.717, 1.165) is 5.56 Å². The molecule has 0 aromatic heterocycles. The predicted molar refractivity (Wildman–Crippen MR) is 63.1 cm³/mol. The molecule has 0 spiro atoms. The standard InChI is InChI=1S/C14H14O3/c1-9(15)13-4-2-3-5-14(13)10-6-11(16)8-12(17)7-10/h2-5,10H,6-8H2,1H3. The molecule has 17 heavy (non-hydrogen) atoms. The van der Waals surface area contributed by atoms with Gasteiger partial charge in [0.2, 0.25) is 0 Å². The molecular weight excluding hydrogens is 216 g/mol. The van der Waals surface area contributed by atoms with E-state index in [-0.39, 0.29) is 29.7 Å². The molecule has 0 bridgehead atoms. The molecule has 0 heterocycles. The highest BCUT2D eigenvalue weighted by atomic mass is 16.1. The first-order valence-electron chi connectivity index (χ1n) is 5.71. The van der Waals surface area contributed by atoms with E-state index in [0.29, 0.717) is 18.4 Å². The second-order valence-corrected chi connectivity index (χ2v) is 4.50. The van der Waals surface area contributed by atoms with Crippen LogP contribution < -0.4 is 0 Å². The second-order valence-electron chi connectivity index (χ2n) is 4.50. The molecule has 88 valence electrons. The lowest BCUT2D eigenvalue weighted by Crippen LogP contribution is -2.22. The van der Waals surface area contributed by atoms with Gasteiger partial charge >= 0.3 is 0 Å². The first kappa shape index (κ1) is 11.7. The van der Waals surface area contributed by atoms with Gasteiger partial charge in [0.15, 0.2) is 5.78 Å². The molecule has 0 unspecified atom stereocenters. The number of carbonyl (C=O) groups excluding carboxylic acids is 3. The first-order valence-corrected chi connectivity index (χ1v) is 5.71. The number of ketones is 3. The fourth-order valence-electron chi connectivity index (χ4n) is 2.38. The lowest BCUT2D eigenvalue weighted by Gasteiger charge is -2.22. The minimum atomic E-state index is -0.121. The van der Waals surface area contributed by atoms with Gasteiger partial charge < -0.3 is 0 Å². The Kier molecular flexibility index (Phi) is 3.18. The van der Waals surface area contributed by atoms with Crippen LogP contribution in [0.5, 0.6) is 0 Å². The third-order valence-corrected chi connectivity index (χ3v) is 3.12. The van der Waals surface area contributed by atoms with E-state index in [1.165, 1.54) is 6.92 Å². The van der Waals surface area contributed by atoms with Gasteiger partial charge in [-0.15, -0.1) is 0 Å². The van der Waals surface area contributed by atoms with Crippen molar-refractivity contribution >= 4 is 17.3 Å². The smallest absolute Gasteiger partial charge is 0.160 e. The van der Waals surface area contributed by atoms with Crippen molar-refractivity contribution in [2.75, 3.05) is 0 Å². The molecule has 0 atom stereocenters. The van der Waals surface area contributed by atoms with Crippen LogP contribution in [0.4, 0.5) is 0 Å². The molecule has 0 amide bonds. The highest BCUT2D eigenvalue weighted by Crippen LogP contribution is 2.31. The van der Waals surface area contributed by atoms with Crippen molar-refractivity contribution in [3.63, 3.8) is 0 Å². The first-order chi connectivity index (χ1) is 8.08. The quantitative estimate of drug-likeness (QED) is 0.578. The van der Waals surface area contributed by atoms with E-state index in [1.807, 2.05) is 12.1 Å². The lowest BCUT2D eigenvalue weighted by molar-refractivity contribution is -0.130. The molecule has 1 aromatic rings. The summed E-state index contributed by atoms with van der Waals surface area (Å²) in [5.74, 6) is -0.191. The molecule has 0 radical (unpaired) electrons. The van der Waals surface area contributed by atoms with Crippen LogP contribution in [0.2, 0.25) is 0 Å². The summed E-state index contributed by atoms with van der Waals surface area (Å²) < 4.78 is 0. The SMILES string of the molecule is CC(=O)c1ccccc1C1CC(=O)CC(=O)C1. The average molecular weight is 230 g/mol. The van der Waals surface area contributed by atoms with Crippen LogP contribution in [-0.4, -0.2) is 17.3 Å². The molecular formula is C14H14O3. The molecule has 1 aliphatic carbocycles. The van der Waals surface area contributed by atoms with Crippen LogP contribution in [0, 0.1) is 0 Å². The van der Waals surface area contributed by atoms with E-state index in [1.54, 1.807) is 12.1 Å². The minimum absolute atomic E-state index is 0.0222. The Labute approximate surface area is 99.8 Å². The van der Waals surface area contributed by atoms with Crippen LogP contribution in [-0.2, 0) is 9.59 Å². The number of Topliss-reactive ketones (excluding diaryl/α,β-unsaturated/α-hetero) is 3. The van der Waals surface area contributed by atoms with Crippen molar-refractivity contribution in [1.82, 2.24) is 0 Å². The zero-order valence-electron chi connectivity index (χ0n) is 9.73. The molecule has 1 aliphatic rings. The van der Waals surface area contributed by atoms with Gasteiger partial charge in [0, 0.05) is 18.4 Å². The fraction of sp³-hybridized carbons (Fsp3) is 0.357. The normalized spacial score (nSPS) is 17.2. The Hall–Kier alpha value is -1.77. The Morgan fingerprint density at radius 3 is 2.29 bits per heavy atom. The fourth-order valence-corrected chi connectivity index (χ4v) is 2.38. The van der Waals surface area contributed by atoms with Crippen LogP contribution in [0.3, 0.4) is 0 Å². The van der Waals surface area contributed by atoms with Crippen molar-refractivity contribution in [3.05, 3.63) is 35.4 Å². The Morgan fingerprint density at radius 2 is 1.71 bits per heavy atom. The van der Waals surface area contributed by atoms with Gasteiger partial charge in [-0.05, 0) is 18.4 Å². The summed E-state index contributed by atoms with van der Waals surface area (Å²) in [5, 5.41) is 0. The van der Waals surface area contributed by atoms with Crippen LogP contribution in [0.1, 0.15) is 48.0 Å². The number of hydrogen-bond donors (Lipinski definition) is 0. The van der Waals surface area contributed by atoms with Crippen LogP contribution in [0.15, 0.2) is 24.3 Å². The molecule has 0 saturated heterocycles. The highest BCUT2D eigenvalue weighted by molar-refractivity contribution is 6.03. The molecule has 3 nitrogen and oxygen atoms in total. The summed E-state index contributed by atoms with van der Waals surface area (Å²) >= 11 is 0. The van der Waals surface area contributed by atoms with Gasteiger partial charge in [0.1, 0.15) is 11.6 Å². The van der Waals surface area contributed by atoms with Gasteiger partial charge in [-0.1, -0.05) is 24.3 Å². The molecule has 3 heteroatoms. The topological polar surface area (TPSA) is 51.2 Å². The maximum Gasteiger partial charge on any atom is 0.160 e. The number of rotatable bonds is 2. The van der Waals surface area contributed by atoms with E-state index < -0.39 is 0 Å². The minimum Gasteiger partial charge on any atom is -0.299 e. The summed E-state index contributed by atoms with van der Waals surface area (Å²) in [6, 6.07) is 7.23. The van der Waals surface area contributed by atoms with Gasteiger partial charge in [-0.2, -0.15) is 0 Å². The number of hydrogen-bond acceptors (Lipinski definition) is 3. The van der Waals surface area contributed by atoms with E-state index in [9.17, 15) is 14.4 Å². The largest absolute Gasteiger partial charge is 0.299 e.